The Hall–Kier alpha value is -3.47. The molecule has 1 fully saturated rings. The fraction of sp³-hybridized carbons (Fsp3) is 0.500. The average Bonchev–Trinajstić information content (AvgIpc) is 3.26. The molecule has 0 saturated carbocycles. The van der Waals surface area contributed by atoms with Gasteiger partial charge in [0.1, 0.15) is 17.8 Å². The van der Waals surface area contributed by atoms with Gasteiger partial charge in [-0.3, -0.25) is 23.6 Å². The van der Waals surface area contributed by atoms with Crippen LogP contribution in [0.15, 0.2) is 36.4 Å². The first-order chi connectivity index (χ1) is 19.0. The van der Waals surface area contributed by atoms with Crippen LogP contribution in [0.5, 0.6) is 0 Å². The lowest BCUT2D eigenvalue weighted by molar-refractivity contribution is -0.135. The van der Waals surface area contributed by atoms with Crippen LogP contribution in [-0.2, 0) is 43.7 Å². The second-order valence-electron chi connectivity index (χ2n) is 12.5. The summed E-state index contributed by atoms with van der Waals surface area (Å²) in [5, 5.41) is 2.92. The van der Waals surface area contributed by atoms with Crippen LogP contribution in [0, 0.1) is 17.7 Å². The number of nitrogens with two attached hydrogens (primary N) is 1. The molecule has 9 nitrogen and oxygen atoms in total. The summed E-state index contributed by atoms with van der Waals surface area (Å²) in [6, 6.07) is 8.46. The zero-order valence-electron chi connectivity index (χ0n) is 24.4. The summed E-state index contributed by atoms with van der Waals surface area (Å²) in [6.45, 7) is 8.73. The number of carbonyl (C=O) groups is 3. The lowest BCUT2D eigenvalue weighted by atomic mass is 9.89. The van der Waals surface area contributed by atoms with Gasteiger partial charge in [-0.25, -0.2) is 12.8 Å². The van der Waals surface area contributed by atoms with Gasteiger partial charge in [0.2, 0.25) is 21.8 Å². The highest BCUT2D eigenvalue weighted by atomic mass is 32.2. The average molecular weight is 587 g/mol. The Kier molecular flexibility index (Phi) is 8.23. The summed E-state index contributed by atoms with van der Waals surface area (Å²) < 4.78 is 43.9. The normalized spacial score (nSPS) is 19.9. The number of hydrogen-bond acceptors (Lipinski definition) is 5. The van der Waals surface area contributed by atoms with E-state index in [0.29, 0.717) is 12.8 Å². The minimum Gasteiger partial charge on any atom is -0.369 e. The quantitative estimate of drug-likeness (QED) is 0.491. The van der Waals surface area contributed by atoms with Gasteiger partial charge in [-0.15, -0.1) is 0 Å². The van der Waals surface area contributed by atoms with E-state index in [-0.39, 0.29) is 35.2 Å². The van der Waals surface area contributed by atoms with Crippen molar-refractivity contribution in [3.05, 3.63) is 58.9 Å². The molecule has 2 aromatic rings. The number of amides is 3. The third-order valence-corrected chi connectivity index (χ3v) is 9.01. The molecule has 41 heavy (non-hydrogen) atoms. The second kappa shape index (κ2) is 11.1. The SMILES string of the molecule is CC(C)C[C@@H]1C(=O)N[C@H](C2Cc3ccccc3C2)C(=O)N1c1c(N(C(C)(C)C)S(C)(=O)=O)ccc(CC(N)=O)c1F. The molecule has 2 aromatic carbocycles. The van der Waals surface area contributed by atoms with Gasteiger partial charge in [0, 0.05) is 5.54 Å². The van der Waals surface area contributed by atoms with Crippen molar-refractivity contribution in [1.82, 2.24) is 5.32 Å². The van der Waals surface area contributed by atoms with Crippen molar-refractivity contribution < 1.29 is 27.2 Å². The highest BCUT2D eigenvalue weighted by Crippen LogP contribution is 2.43. The van der Waals surface area contributed by atoms with Crippen molar-refractivity contribution in [3.8, 4) is 0 Å². The molecule has 11 heteroatoms. The molecule has 222 valence electrons. The van der Waals surface area contributed by atoms with E-state index in [9.17, 15) is 22.8 Å². The molecular formula is C30H39FN4O5S. The van der Waals surface area contributed by atoms with E-state index in [1.54, 1.807) is 20.8 Å². The van der Waals surface area contributed by atoms with Crippen LogP contribution >= 0.6 is 0 Å². The van der Waals surface area contributed by atoms with Gasteiger partial charge in [-0.2, -0.15) is 0 Å². The van der Waals surface area contributed by atoms with Gasteiger partial charge in [-0.05, 0) is 74.6 Å². The molecule has 1 aliphatic carbocycles. The fourth-order valence-electron chi connectivity index (χ4n) is 6.16. The fourth-order valence-corrected chi connectivity index (χ4v) is 7.66. The van der Waals surface area contributed by atoms with Crippen molar-refractivity contribution in [3.63, 3.8) is 0 Å². The van der Waals surface area contributed by atoms with E-state index < -0.39 is 57.6 Å². The number of primary amides is 1. The Morgan fingerprint density at radius 1 is 1.12 bits per heavy atom. The smallest absolute Gasteiger partial charge is 0.250 e. The molecule has 2 aliphatic rings. The zero-order valence-corrected chi connectivity index (χ0v) is 25.2. The molecule has 1 heterocycles. The topological polar surface area (TPSA) is 130 Å². The maximum atomic E-state index is 16.6. The van der Waals surface area contributed by atoms with E-state index in [2.05, 4.69) is 5.32 Å². The van der Waals surface area contributed by atoms with Crippen LogP contribution in [0.2, 0.25) is 0 Å². The van der Waals surface area contributed by atoms with Gasteiger partial charge in [0.15, 0.2) is 5.82 Å². The standard InChI is InChI=1S/C30H39FN4O5S/c1-17(2)13-23-28(37)33-26(21-14-18-9-7-8-10-19(18)15-21)29(38)34(23)27-22(35(30(3,4)5)41(6,39)40)12-11-20(25(27)31)16-24(32)36/h7-12,17,21,23,26H,13-16H2,1-6H3,(H2,32,36)(H,33,37)/t23-,26-/m1/s1. The van der Waals surface area contributed by atoms with Crippen molar-refractivity contribution >= 4 is 39.1 Å². The van der Waals surface area contributed by atoms with Crippen molar-refractivity contribution in [1.29, 1.82) is 0 Å². The molecule has 1 saturated heterocycles. The van der Waals surface area contributed by atoms with Crippen LogP contribution in [0.25, 0.3) is 0 Å². The molecule has 0 unspecified atom stereocenters. The third kappa shape index (κ3) is 6.10. The van der Waals surface area contributed by atoms with E-state index in [4.69, 9.17) is 5.73 Å². The summed E-state index contributed by atoms with van der Waals surface area (Å²) in [4.78, 5) is 41.1. The molecule has 3 N–H and O–H groups in total. The highest BCUT2D eigenvalue weighted by molar-refractivity contribution is 7.92. The second-order valence-corrected chi connectivity index (χ2v) is 14.4. The molecule has 0 aromatic heterocycles. The molecule has 0 radical (unpaired) electrons. The number of anilines is 2. The van der Waals surface area contributed by atoms with E-state index in [1.165, 1.54) is 12.1 Å². The number of fused-ring (bicyclic) bond motifs is 1. The molecule has 2 atom stereocenters. The van der Waals surface area contributed by atoms with Crippen LogP contribution < -0.4 is 20.3 Å². The van der Waals surface area contributed by atoms with Crippen molar-refractivity contribution in [2.24, 2.45) is 17.6 Å². The van der Waals surface area contributed by atoms with Crippen LogP contribution in [-0.4, -0.2) is 50.0 Å². The predicted octanol–water partition coefficient (Wildman–Crippen LogP) is 3.08. The van der Waals surface area contributed by atoms with Gasteiger partial charge < -0.3 is 11.1 Å². The molecule has 0 bridgehead atoms. The Labute approximate surface area is 241 Å². The van der Waals surface area contributed by atoms with Gasteiger partial charge in [0.05, 0.1) is 18.4 Å². The molecule has 0 spiro atoms. The number of nitrogens with zero attached hydrogens (tertiary/aromatic N) is 2. The monoisotopic (exact) mass is 586 g/mol. The Balaban J connectivity index is 1.95. The Morgan fingerprint density at radius 3 is 2.20 bits per heavy atom. The molecular weight excluding hydrogens is 547 g/mol. The number of benzene rings is 2. The first-order valence-electron chi connectivity index (χ1n) is 13.8. The van der Waals surface area contributed by atoms with Crippen molar-refractivity contribution in [2.45, 2.75) is 77.9 Å². The van der Waals surface area contributed by atoms with E-state index >= 15 is 4.39 Å². The summed E-state index contributed by atoms with van der Waals surface area (Å²) >= 11 is 0. The number of rotatable bonds is 8. The maximum absolute atomic E-state index is 16.6. The number of halogens is 1. The van der Waals surface area contributed by atoms with E-state index in [1.807, 2.05) is 38.1 Å². The minimum absolute atomic E-state index is 0.0534. The molecule has 4 rings (SSSR count). The number of piperazine rings is 1. The number of carbonyl (C=O) groups excluding carboxylic acids is 3. The first kappa shape index (κ1) is 30.5. The number of hydrogen-bond donors (Lipinski definition) is 2. The van der Waals surface area contributed by atoms with Gasteiger partial charge in [-0.1, -0.05) is 44.2 Å². The molecule has 1 aliphatic heterocycles. The Morgan fingerprint density at radius 2 is 1.71 bits per heavy atom. The van der Waals surface area contributed by atoms with Gasteiger partial charge in [0.25, 0.3) is 5.91 Å². The van der Waals surface area contributed by atoms with E-state index in [0.717, 1.165) is 26.6 Å². The summed E-state index contributed by atoms with van der Waals surface area (Å²) in [7, 11) is -3.99. The first-order valence-corrected chi connectivity index (χ1v) is 15.7. The molecule has 3 amide bonds. The summed E-state index contributed by atoms with van der Waals surface area (Å²) in [6.07, 6.45) is 1.88. The minimum atomic E-state index is -3.99. The van der Waals surface area contributed by atoms with Crippen LogP contribution in [0.1, 0.15) is 57.7 Å². The zero-order chi connectivity index (χ0) is 30.4. The summed E-state index contributed by atoms with van der Waals surface area (Å²) in [5.41, 5.74) is 5.99. The van der Waals surface area contributed by atoms with Gasteiger partial charge >= 0.3 is 0 Å². The van der Waals surface area contributed by atoms with Crippen LogP contribution in [0.4, 0.5) is 15.8 Å². The third-order valence-electron chi connectivity index (χ3n) is 7.60. The lowest BCUT2D eigenvalue weighted by Crippen LogP contribution is -2.66. The van der Waals surface area contributed by atoms with Crippen LogP contribution in [0.3, 0.4) is 0 Å². The largest absolute Gasteiger partial charge is 0.369 e. The lowest BCUT2D eigenvalue weighted by Gasteiger charge is -2.44. The highest BCUT2D eigenvalue weighted by Gasteiger charge is 2.48. The maximum Gasteiger partial charge on any atom is 0.250 e. The number of nitrogens with one attached hydrogen (secondary N) is 1. The summed E-state index contributed by atoms with van der Waals surface area (Å²) in [5.74, 6) is -3.02. The van der Waals surface area contributed by atoms with Crippen molar-refractivity contribution in [2.75, 3.05) is 15.5 Å². The Bertz CT molecular complexity index is 1460. The number of sulfonamides is 1. The predicted molar refractivity (Wildman–Crippen MR) is 156 cm³/mol.